The molecule has 0 atom stereocenters. The minimum Gasteiger partial charge on any atom is -0.493 e. The van der Waals surface area contributed by atoms with Gasteiger partial charge in [0.1, 0.15) is 0 Å². The van der Waals surface area contributed by atoms with E-state index in [1.54, 1.807) is 19.4 Å². The molecule has 1 aromatic carbocycles. The number of carbonyl (C=O) groups is 1. The third kappa shape index (κ3) is 5.43. The molecule has 5 heteroatoms. The van der Waals surface area contributed by atoms with Gasteiger partial charge in [-0.15, -0.1) is 6.58 Å². The van der Waals surface area contributed by atoms with Crippen LogP contribution in [0.25, 0.3) is 0 Å². The largest absolute Gasteiger partial charge is 0.493 e. The van der Waals surface area contributed by atoms with Gasteiger partial charge in [0, 0.05) is 24.9 Å². The van der Waals surface area contributed by atoms with E-state index in [2.05, 4.69) is 16.9 Å². The number of benzene rings is 1. The van der Waals surface area contributed by atoms with Gasteiger partial charge in [-0.3, -0.25) is 9.78 Å². The van der Waals surface area contributed by atoms with Crippen molar-refractivity contribution >= 4 is 5.91 Å². The molecule has 0 saturated carbocycles. The Hall–Kier alpha value is -2.82. The zero-order valence-electron chi connectivity index (χ0n) is 13.8. The van der Waals surface area contributed by atoms with E-state index in [1.165, 1.54) is 0 Å². The summed E-state index contributed by atoms with van der Waals surface area (Å²) in [5, 5.41) is 2.81. The second kappa shape index (κ2) is 9.35. The topological polar surface area (TPSA) is 60.5 Å². The van der Waals surface area contributed by atoms with Crippen molar-refractivity contribution < 1.29 is 14.3 Å². The smallest absolute Gasteiger partial charge is 0.257 e. The number of pyridine rings is 1. The van der Waals surface area contributed by atoms with Crippen LogP contribution in [0.3, 0.4) is 0 Å². The third-order valence-electron chi connectivity index (χ3n) is 3.40. The van der Waals surface area contributed by atoms with Crippen molar-refractivity contribution in [3.63, 3.8) is 0 Å². The fourth-order valence-corrected chi connectivity index (χ4v) is 2.20. The molecule has 126 valence electrons. The van der Waals surface area contributed by atoms with E-state index >= 15 is 0 Å². The third-order valence-corrected chi connectivity index (χ3v) is 3.40. The number of nitrogens with one attached hydrogen (secondary N) is 1. The highest BCUT2D eigenvalue weighted by molar-refractivity contribution is 5.77. The predicted octanol–water partition coefficient (Wildman–Crippen LogP) is 2.56. The summed E-state index contributed by atoms with van der Waals surface area (Å²) in [6, 6.07) is 11.3. The van der Waals surface area contributed by atoms with Crippen LogP contribution in [0.2, 0.25) is 0 Å². The quantitative estimate of drug-likeness (QED) is 0.720. The first-order chi connectivity index (χ1) is 11.7. The molecule has 0 aliphatic carbocycles. The van der Waals surface area contributed by atoms with Gasteiger partial charge in [0.05, 0.1) is 7.11 Å². The standard InChI is InChI=1S/C19H22N2O3/c1-3-6-15-8-9-17(18(13-15)23-2)24-14-19(22)21-12-10-16-7-4-5-11-20-16/h3-5,7-9,11,13H,1,6,10,12,14H2,2H3,(H,21,22). The second-order valence-corrected chi connectivity index (χ2v) is 5.19. The normalized spacial score (nSPS) is 10.0. The average molecular weight is 326 g/mol. The second-order valence-electron chi connectivity index (χ2n) is 5.19. The summed E-state index contributed by atoms with van der Waals surface area (Å²) >= 11 is 0. The summed E-state index contributed by atoms with van der Waals surface area (Å²) in [5.74, 6) is 0.976. The summed E-state index contributed by atoms with van der Waals surface area (Å²) < 4.78 is 10.9. The van der Waals surface area contributed by atoms with Gasteiger partial charge < -0.3 is 14.8 Å². The monoisotopic (exact) mass is 326 g/mol. The molecular weight excluding hydrogens is 304 g/mol. The van der Waals surface area contributed by atoms with Gasteiger partial charge in [0.2, 0.25) is 0 Å². The lowest BCUT2D eigenvalue weighted by atomic mass is 10.1. The van der Waals surface area contributed by atoms with Crippen LogP contribution in [0.4, 0.5) is 0 Å². The lowest BCUT2D eigenvalue weighted by Gasteiger charge is -2.12. The molecule has 24 heavy (non-hydrogen) atoms. The van der Waals surface area contributed by atoms with Crippen molar-refractivity contribution in [1.82, 2.24) is 10.3 Å². The fourth-order valence-electron chi connectivity index (χ4n) is 2.20. The molecule has 2 rings (SSSR count). The number of methoxy groups -OCH3 is 1. The first-order valence-electron chi connectivity index (χ1n) is 7.80. The van der Waals surface area contributed by atoms with Crippen LogP contribution in [-0.4, -0.2) is 31.2 Å². The van der Waals surface area contributed by atoms with Crippen molar-refractivity contribution in [2.75, 3.05) is 20.3 Å². The van der Waals surface area contributed by atoms with Crippen molar-refractivity contribution in [3.8, 4) is 11.5 Å². The van der Waals surface area contributed by atoms with E-state index in [9.17, 15) is 4.79 Å². The van der Waals surface area contributed by atoms with E-state index in [1.807, 2.05) is 36.4 Å². The van der Waals surface area contributed by atoms with Gasteiger partial charge >= 0.3 is 0 Å². The molecule has 0 fully saturated rings. The van der Waals surface area contributed by atoms with Gasteiger partial charge in [-0.05, 0) is 36.2 Å². The van der Waals surface area contributed by atoms with Gasteiger partial charge in [-0.25, -0.2) is 0 Å². The first-order valence-corrected chi connectivity index (χ1v) is 7.80. The fraction of sp³-hybridized carbons (Fsp3) is 0.263. The molecule has 0 aliphatic rings. The predicted molar refractivity (Wildman–Crippen MR) is 93.3 cm³/mol. The van der Waals surface area contributed by atoms with Gasteiger partial charge in [0.25, 0.3) is 5.91 Å². The van der Waals surface area contributed by atoms with Gasteiger partial charge in [-0.1, -0.05) is 18.2 Å². The number of carbonyl (C=O) groups excluding carboxylic acids is 1. The molecule has 5 nitrogen and oxygen atoms in total. The number of nitrogens with zero attached hydrogens (tertiary/aromatic N) is 1. The molecule has 1 amide bonds. The summed E-state index contributed by atoms with van der Waals surface area (Å²) in [6.07, 6.45) is 5.00. The molecule has 1 heterocycles. The number of amides is 1. The van der Waals surface area contributed by atoms with Crippen LogP contribution in [0.15, 0.2) is 55.3 Å². The minimum absolute atomic E-state index is 0.0562. The Morgan fingerprint density at radius 1 is 1.29 bits per heavy atom. The van der Waals surface area contributed by atoms with Gasteiger partial charge in [0.15, 0.2) is 18.1 Å². The van der Waals surface area contributed by atoms with E-state index < -0.39 is 0 Å². The zero-order valence-corrected chi connectivity index (χ0v) is 13.8. The Balaban J connectivity index is 1.79. The SMILES string of the molecule is C=CCc1ccc(OCC(=O)NCCc2ccccn2)c(OC)c1. The molecule has 0 aliphatic heterocycles. The van der Waals surface area contributed by atoms with Crippen LogP contribution in [-0.2, 0) is 17.6 Å². The molecule has 0 radical (unpaired) electrons. The van der Waals surface area contributed by atoms with E-state index in [0.29, 0.717) is 24.5 Å². The van der Waals surface area contributed by atoms with Crippen LogP contribution in [0, 0.1) is 0 Å². The molecule has 0 bridgehead atoms. The van der Waals surface area contributed by atoms with Crippen LogP contribution < -0.4 is 14.8 Å². The summed E-state index contributed by atoms with van der Waals surface area (Å²) in [6.45, 7) is 4.18. The number of hydrogen-bond acceptors (Lipinski definition) is 4. The highest BCUT2D eigenvalue weighted by Gasteiger charge is 2.08. The average Bonchev–Trinajstić information content (AvgIpc) is 2.61. The van der Waals surface area contributed by atoms with Crippen molar-refractivity contribution in [2.24, 2.45) is 0 Å². The molecule has 1 aromatic heterocycles. The lowest BCUT2D eigenvalue weighted by molar-refractivity contribution is -0.123. The lowest BCUT2D eigenvalue weighted by Crippen LogP contribution is -2.30. The maximum absolute atomic E-state index is 11.9. The number of allylic oxidation sites excluding steroid dienone is 1. The van der Waals surface area contributed by atoms with Crippen molar-refractivity contribution in [1.29, 1.82) is 0 Å². The number of ether oxygens (including phenoxy) is 2. The highest BCUT2D eigenvalue weighted by Crippen LogP contribution is 2.28. The Morgan fingerprint density at radius 3 is 2.88 bits per heavy atom. The number of aromatic nitrogens is 1. The molecular formula is C19H22N2O3. The molecule has 2 aromatic rings. The minimum atomic E-state index is -0.178. The first kappa shape index (κ1) is 17.5. The molecule has 1 N–H and O–H groups in total. The van der Waals surface area contributed by atoms with E-state index in [4.69, 9.17) is 9.47 Å². The van der Waals surface area contributed by atoms with Crippen molar-refractivity contribution in [3.05, 3.63) is 66.5 Å². The van der Waals surface area contributed by atoms with Crippen molar-refractivity contribution in [2.45, 2.75) is 12.8 Å². The van der Waals surface area contributed by atoms with E-state index in [0.717, 1.165) is 17.7 Å². The Morgan fingerprint density at radius 2 is 2.17 bits per heavy atom. The molecule has 0 unspecified atom stereocenters. The Kier molecular flexibility index (Phi) is 6.83. The van der Waals surface area contributed by atoms with Crippen LogP contribution in [0.5, 0.6) is 11.5 Å². The van der Waals surface area contributed by atoms with Gasteiger partial charge in [-0.2, -0.15) is 0 Å². The summed E-state index contributed by atoms with van der Waals surface area (Å²) in [5.41, 5.74) is 2.02. The van der Waals surface area contributed by atoms with Crippen LogP contribution >= 0.6 is 0 Å². The highest BCUT2D eigenvalue weighted by atomic mass is 16.5. The summed E-state index contributed by atoms with van der Waals surface area (Å²) in [7, 11) is 1.58. The number of rotatable bonds is 9. The summed E-state index contributed by atoms with van der Waals surface area (Å²) in [4.78, 5) is 16.1. The molecule has 0 saturated heterocycles. The molecule has 0 spiro atoms. The number of hydrogen-bond donors (Lipinski definition) is 1. The maximum Gasteiger partial charge on any atom is 0.257 e. The Bertz CT molecular complexity index is 672. The van der Waals surface area contributed by atoms with E-state index in [-0.39, 0.29) is 12.5 Å². The maximum atomic E-state index is 11.9. The Labute approximate surface area is 142 Å². The zero-order chi connectivity index (χ0) is 17.2. The van der Waals surface area contributed by atoms with Crippen LogP contribution in [0.1, 0.15) is 11.3 Å².